The molecule has 1 heterocycles. The lowest BCUT2D eigenvalue weighted by Gasteiger charge is -2.37. The third-order valence-electron chi connectivity index (χ3n) is 3.77. The first kappa shape index (κ1) is 16.2. The molecule has 1 unspecified atom stereocenters. The van der Waals surface area contributed by atoms with E-state index in [1.165, 1.54) is 22.5 Å². The highest BCUT2D eigenvalue weighted by Gasteiger charge is 2.36. The van der Waals surface area contributed by atoms with Crippen LogP contribution in [0.3, 0.4) is 0 Å². The molecule has 0 radical (unpaired) electrons. The molecule has 1 aliphatic rings. The molecule has 1 N–H and O–H groups in total. The number of anilines is 1. The lowest BCUT2D eigenvalue weighted by molar-refractivity contribution is 0.155. The highest BCUT2D eigenvalue weighted by Crippen LogP contribution is 2.27. The summed E-state index contributed by atoms with van der Waals surface area (Å²) in [6, 6.07) is 5.40. The van der Waals surface area contributed by atoms with E-state index in [2.05, 4.69) is 0 Å². The zero-order chi connectivity index (χ0) is 15.5. The second-order valence-electron chi connectivity index (χ2n) is 5.07. The quantitative estimate of drug-likeness (QED) is 0.900. The van der Waals surface area contributed by atoms with Gasteiger partial charge in [0.1, 0.15) is 5.82 Å². The predicted molar refractivity (Wildman–Crippen MR) is 79.8 cm³/mol. The molecule has 0 spiro atoms. The van der Waals surface area contributed by atoms with Gasteiger partial charge in [-0.1, -0.05) is 18.6 Å². The number of piperidine rings is 1. The van der Waals surface area contributed by atoms with E-state index in [-0.39, 0.29) is 18.8 Å². The first-order valence-electron chi connectivity index (χ1n) is 7.17. The van der Waals surface area contributed by atoms with E-state index in [1.807, 2.05) is 0 Å². The van der Waals surface area contributed by atoms with Crippen molar-refractivity contribution < 1.29 is 17.9 Å². The smallest absolute Gasteiger partial charge is 0.304 e. The molecule has 1 atom stereocenters. The van der Waals surface area contributed by atoms with Crippen molar-refractivity contribution in [3.63, 3.8) is 0 Å². The van der Waals surface area contributed by atoms with E-state index in [1.54, 1.807) is 13.0 Å². The van der Waals surface area contributed by atoms with Crippen LogP contribution in [0.25, 0.3) is 0 Å². The zero-order valence-electron chi connectivity index (χ0n) is 12.1. The van der Waals surface area contributed by atoms with E-state index < -0.39 is 22.1 Å². The Kier molecular flexibility index (Phi) is 5.18. The molecule has 0 aromatic heterocycles. The fraction of sp³-hybridized carbons (Fsp3) is 0.571. The number of nitrogens with zero attached hydrogens (tertiary/aromatic N) is 2. The van der Waals surface area contributed by atoms with Gasteiger partial charge in [-0.25, -0.2) is 4.39 Å². The number of aliphatic hydroxyl groups is 1. The molecule has 1 saturated heterocycles. The Hall–Kier alpha value is -1.18. The number of benzene rings is 1. The van der Waals surface area contributed by atoms with Gasteiger partial charge in [0.05, 0.1) is 12.3 Å². The molecule has 1 fully saturated rings. The summed E-state index contributed by atoms with van der Waals surface area (Å²) in [6.07, 6.45) is 2.28. The molecule has 1 aromatic rings. The van der Waals surface area contributed by atoms with Crippen LogP contribution in [0.15, 0.2) is 24.3 Å². The van der Waals surface area contributed by atoms with Crippen LogP contribution in [0.4, 0.5) is 10.1 Å². The Morgan fingerprint density at radius 2 is 2.10 bits per heavy atom. The third kappa shape index (κ3) is 3.20. The van der Waals surface area contributed by atoms with Crippen molar-refractivity contribution in [2.75, 3.05) is 24.0 Å². The molecule has 0 aliphatic carbocycles. The van der Waals surface area contributed by atoms with Gasteiger partial charge >= 0.3 is 10.2 Å². The summed E-state index contributed by atoms with van der Waals surface area (Å²) in [5.41, 5.74) is 0.0438. The van der Waals surface area contributed by atoms with Gasteiger partial charge in [0.2, 0.25) is 0 Å². The highest BCUT2D eigenvalue weighted by molar-refractivity contribution is 7.90. The van der Waals surface area contributed by atoms with Gasteiger partial charge < -0.3 is 5.11 Å². The van der Waals surface area contributed by atoms with Gasteiger partial charge in [0.25, 0.3) is 0 Å². The summed E-state index contributed by atoms with van der Waals surface area (Å²) < 4.78 is 41.9. The van der Waals surface area contributed by atoms with Crippen LogP contribution in [0.2, 0.25) is 0 Å². The Labute approximate surface area is 125 Å². The highest BCUT2D eigenvalue weighted by atomic mass is 32.2. The summed E-state index contributed by atoms with van der Waals surface area (Å²) >= 11 is 0. The molecule has 5 nitrogen and oxygen atoms in total. The fourth-order valence-electron chi connectivity index (χ4n) is 2.70. The average molecular weight is 316 g/mol. The molecular formula is C14H21FN2O3S. The predicted octanol–water partition coefficient (Wildman–Crippen LogP) is 1.74. The van der Waals surface area contributed by atoms with Gasteiger partial charge in [-0.3, -0.25) is 4.31 Å². The summed E-state index contributed by atoms with van der Waals surface area (Å²) in [7, 11) is -3.84. The van der Waals surface area contributed by atoms with E-state index in [4.69, 9.17) is 0 Å². The number of hydrogen-bond acceptors (Lipinski definition) is 3. The number of hydrogen-bond donors (Lipinski definition) is 1. The van der Waals surface area contributed by atoms with Crippen LogP contribution < -0.4 is 4.31 Å². The number of aliphatic hydroxyl groups excluding tert-OH is 1. The largest absolute Gasteiger partial charge is 0.395 e. The Bertz CT molecular complexity index is 579. The van der Waals surface area contributed by atoms with Gasteiger partial charge in [-0.2, -0.15) is 12.7 Å². The normalized spacial score (nSPS) is 20.4. The minimum absolute atomic E-state index is 0.0438. The van der Waals surface area contributed by atoms with Crippen molar-refractivity contribution in [2.24, 2.45) is 0 Å². The van der Waals surface area contributed by atoms with E-state index in [9.17, 15) is 17.9 Å². The van der Waals surface area contributed by atoms with Crippen molar-refractivity contribution in [3.05, 3.63) is 30.1 Å². The maximum absolute atomic E-state index is 13.9. The molecular weight excluding hydrogens is 295 g/mol. The monoisotopic (exact) mass is 316 g/mol. The fourth-order valence-corrected chi connectivity index (χ4v) is 4.58. The maximum atomic E-state index is 13.9. The second-order valence-corrected chi connectivity index (χ2v) is 6.87. The van der Waals surface area contributed by atoms with Gasteiger partial charge in [-0.05, 0) is 31.9 Å². The van der Waals surface area contributed by atoms with Crippen molar-refractivity contribution in [3.8, 4) is 0 Å². The molecule has 118 valence electrons. The summed E-state index contributed by atoms with van der Waals surface area (Å²) in [4.78, 5) is 0. The summed E-state index contributed by atoms with van der Waals surface area (Å²) in [6.45, 7) is 1.95. The number of halogens is 1. The molecule has 1 aromatic carbocycles. The Morgan fingerprint density at radius 1 is 1.38 bits per heavy atom. The van der Waals surface area contributed by atoms with Crippen LogP contribution in [0.5, 0.6) is 0 Å². The standard InChI is InChI=1S/C14H21FN2O3S/c1-2-16(14-9-4-3-8-13(14)15)21(19,20)17-10-6-5-7-12(17)11-18/h3-4,8-9,12,18H,2,5-7,10-11H2,1H3. The van der Waals surface area contributed by atoms with Gasteiger partial charge in [0.15, 0.2) is 0 Å². The lowest BCUT2D eigenvalue weighted by Crippen LogP contribution is -2.52. The van der Waals surface area contributed by atoms with Crippen molar-refractivity contribution in [1.29, 1.82) is 0 Å². The average Bonchev–Trinajstić information content (AvgIpc) is 2.49. The van der Waals surface area contributed by atoms with E-state index in [0.29, 0.717) is 13.0 Å². The van der Waals surface area contributed by atoms with Crippen LogP contribution in [0.1, 0.15) is 26.2 Å². The summed E-state index contributed by atoms with van der Waals surface area (Å²) in [5, 5.41) is 9.41. The zero-order valence-corrected chi connectivity index (χ0v) is 12.9. The van der Waals surface area contributed by atoms with Crippen molar-refractivity contribution in [2.45, 2.75) is 32.2 Å². The van der Waals surface area contributed by atoms with Crippen LogP contribution in [-0.2, 0) is 10.2 Å². The van der Waals surface area contributed by atoms with Crippen molar-refractivity contribution in [1.82, 2.24) is 4.31 Å². The first-order chi connectivity index (χ1) is 10.0. The molecule has 1 aliphatic heterocycles. The minimum Gasteiger partial charge on any atom is -0.395 e. The molecule has 2 rings (SSSR count). The first-order valence-corrected chi connectivity index (χ1v) is 8.57. The topological polar surface area (TPSA) is 60.9 Å². The van der Waals surface area contributed by atoms with Crippen LogP contribution in [0, 0.1) is 5.82 Å². The van der Waals surface area contributed by atoms with Crippen molar-refractivity contribution >= 4 is 15.9 Å². The molecule has 21 heavy (non-hydrogen) atoms. The Morgan fingerprint density at radius 3 is 2.71 bits per heavy atom. The van der Waals surface area contributed by atoms with Gasteiger partial charge in [-0.15, -0.1) is 0 Å². The molecule has 0 bridgehead atoms. The van der Waals surface area contributed by atoms with E-state index >= 15 is 0 Å². The molecule has 0 saturated carbocycles. The molecule has 0 amide bonds. The third-order valence-corrected chi connectivity index (χ3v) is 5.85. The minimum atomic E-state index is -3.84. The number of rotatable bonds is 5. The Balaban J connectivity index is 2.38. The lowest BCUT2D eigenvalue weighted by atomic mass is 10.1. The van der Waals surface area contributed by atoms with E-state index in [0.717, 1.165) is 17.1 Å². The SMILES string of the molecule is CCN(c1ccccc1F)S(=O)(=O)N1CCCCC1CO. The summed E-state index contributed by atoms with van der Waals surface area (Å²) in [5.74, 6) is -0.569. The second kappa shape index (κ2) is 6.72. The van der Waals surface area contributed by atoms with Crippen LogP contribution in [-0.4, -0.2) is 43.6 Å². The van der Waals surface area contributed by atoms with Crippen LogP contribution >= 0.6 is 0 Å². The van der Waals surface area contributed by atoms with Gasteiger partial charge in [0, 0.05) is 19.1 Å². The maximum Gasteiger partial charge on any atom is 0.304 e. The molecule has 7 heteroatoms. The number of para-hydroxylation sites is 1.